The number of aromatic carboxylic acids is 1. The van der Waals surface area contributed by atoms with Crippen LogP contribution in [0.25, 0.3) is 11.6 Å². The Hall–Kier alpha value is -2.55. The van der Waals surface area contributed by atoms with Gasteiger partial charge in [0.25, 0.3) is 0 Å². The number of carboxylic acids is 1. The summed E-state index contributed by atoms with van der Waals surface area (Å²) in [6.07, 6.45) is 2.79. The predicted molar refractivity (Wildman–Crippen MR) is 108 cm³/mol. The van der Waals surface area contributed by atoms with E-state index in [2.05, 4.69) is 45.9 Å². The standard InChI is InChI=1S/C23H28O3/c1-7-17-13-16(8-10-19(17)22(24)25)12-15(2)18-9-11-21(26-6)20(14-18)23(3,4)5/h8-14H,7H2,1-6H3,(H,24,25)/b15-12-. The van der Waals surface area contributed by atoms with Crippen LogP contribution in [0, 0.1) is 0 Å². The number of hydrogen-bond donors (Lipinski definition) is 1. The van der Waals surface area contributed by atoms with E-state index in [4.69, 9.17) is 4.74 Å². The lowest BCUT2D eigenvalue weighted by molar-refractivity contribution is 0.0695. The molecule has 3 heteroatoms. The molecule has 0 amide bonds. The van der Waals surface area contributed by atoms with Crippen molar-refractivity contribution in [1.29, 1.82) is 0 Å². The topological polar surface area (TPSA) is 46.5 Å². The average molecular weight is 352 g/mol. The van der Waals surface area contributed by atoms with E-state index in [0.29, 0.717) is 12.0 Å². The molecule has 2 aromatic rings. The first-order valence-electron chi connectivity index (χ1n) is 8.90. The summed E-state index contributed by atoms with van der Waals surface area (Å²) in [7, 11) is 1.70. The molecule has 0 aliphatic rings. The molecule has 1 N–H and O–H groups in total. The van der Waals surface area contributed by atoms with E-state index in [9.17, 15) is 9.90 Å². The van der Waals surface area contributed by atoms with Crippen molar-refractivity contribution < 1.29 is 14.6 Å². The van der Waals surface area contributed by atoms with Crippen LogP contribution in [0.2, 0.25) is 0 Å². The van der Waals surface area contributed by atoms with Crippen molar-refractivity contribution in [3.8, 4) is 5.75 Å². The van der Waals surface area contributed by atoms with Crippen LogP contribution in [0.4, 0.5) is 0 Å². The van der Waals surface area contributed by atoms with Crippen LogP contribution in [-0.2, 0) is 11.8 Å². The highest BCUT2D eigenvalue weighted by atomic mass is 16.5. The summed E-state index contributed by atoms with van der Waals surface area (Å²) in [6.45, 7) is 10.6. The molecule has 0 heterocycles. The van der Waals surface area contributed by atoms with Gasteiger partial charge in [0, 0.05) is 5.56 Å². The Kier molecular flexibility index (Phi) is 5.91. The molecule has 26 heavy (non-hydrogen) atoms. The summed E-state index contributed by atoms with van der Waals surface area (Å²) in [5.41, 5.74) is 5.66. The fourth-order valence-electron chi connectivity index (χ4n) is 3.08. The van der Waals surface area contributed by atoms with Gasteiger partial charge < -0.3 is 9.84 Å². The van der Waals surface area contributed by atoms with Gasteiger partial charge >= 0.3 is 5.97 Å². The van der Waals surface area contributed by atoms with Gasteiger partial charge in [0.2, 0.25) is 0 Å². The van der Waals surface area contributed by atoms with E-state index in [1.54, 1.807) is 13.2 Å². The monoisotopic (exact) mass is 352 g/mol. The quantitative estimate of drug-likeness (QED) is 0.690. The minimum atomic E-state index is -0.876. The van der Waals surface area contributed by atoms with Gasteiger partial charge in [-0.25, -0.2) is 4.79 Å². The first-order chi connectivity index (χ1) is 12.2. The molecule has 0 saturated heterocycles. The molecule has 2 aromatic carbocycles. The van der Waals surface area contributed by atoms with Gasteiger partial charge in [0.1, 0.15) is 5.75 Å². The molecule has 138 valence electrons. The smallest absolute Gasteiger partial charge is 0.335 e. The van der Waals surface area contributed by atoms with Crippen molar-refractivity contribution in [3.63, 3.8) is 0 Å². The number of allylic oxidation sites excluding steroid dienone is 1. The molecule has 0 aliphatic heterocycles. The second-order valence-electron chi connectivity index (χ2n) is 7.57. The van der Waals surface area contributed by atoms with E-state index in [1.807, 2.05) is 25.1 Å². The maximum Gasteiger partial charge on any atom is 0.335 e. The summed E-state index contributed by atoms with van der Waals surface area (Å²) in [6, 6.07) is 11.8. The van der Waals surface area contributed by atoms with Crippen molar-refractivity contribution in [2.45, 2.75) is 46.5 Å². The zero-order valence-corrected chi connectivity index (χ0v) is 16.5. The first kappa shape index (κ1) is 19.8. The number of carbonyl (C=O) groups is 1. The molecule has 2 rings (SSSR count). The number of methoxy groups -OCH3 is 1. The summed E-state index contributed by atoms with van der Waals surface area (Å²) in [5, 5.41) is 9.28. The van der Waals surface area contributed by atoms with Gasteiger partial charge in [-0.2, -0.15) is 0 Å². The van der Waals surface area contributed by atoms with Crippen LogP contribution in [0.3, 0.4) is 0 Å². The van der Waals surface area contributed by atoms with Gasteiger partial charge in [-0.15, -0.1) is 0 Å². The molecular formula is C23H28O3. The third-order valence-electron chi connectivity index (χ3n) is 4.59. The summed E-state index contributed by atoms with van der Waals surface area (Å²) < 4.78 is 5.52. The van der Waals surface area contributed by atoms with Gasteiger partial charge in [-0.3, -0.25) is 0 Å². The lowest BCUT2D eigenvalue weighted by Crippen LogP contribution is -2.13. The third kappa shape index (κ3) is 4.34. The zero-order valence-electron chi connectivity index (χ0n) is 16.5. The largest absolute Gasteiger partial charge is 0.496 e. The van der Waals surface area contributed by atoms with Crippen LogP contribution in [0.1, 0.15) is 67.2 Å². The van der Waals surface area contributed by atoms with Gasteiger partial charge in [0.05, 0.1) is 12.7 Å². The molecule has 0 saturated carbocycles. The zero-order chi connectivity index (χ0) is 19.5. The Bertz CT molecular complexity index is 839. The van der Waals surface area contributed by atoms with Crippen LogP contribution in [0.5, 0.6) is 5.75 Å². The molecule has 0 bridgehead atoms. The average Bonchev–Trinajstić information content (AvgIpc) is 2.59. The SMILES string of the molecule is CCc1cc(/C=C(/C)c2ccc(OC)c(C(C)(C)C)c2)ccc1C(=O)O. The van der Waals surface area contributed by atoms with Crippen molar-refractivity contribution in [2.24, 2.45) is 0 Å². The number of aryl methyl sites for hydroxylation is 1. The number of benzene rings is 2. The van der Waals surface area contributed by atoms with E-state index >= 15 is 0 Å². The number of carboxylic acid groups (broad SMARTS) is 1. The maximum absolute atomic E-state index is 11.3. The van der Waals surface area contributed by atoms with E-state index in [0.717, 1.165) is 28.0 Å². The molecule has 3 nitrogen and oxygen atoms in total. The lowest BCUT2D eigenvalue weighted by Gasteiger charge is -2.23. The van der Waals surface area contributed by atoms with E-state index < -0.39 is 5.97 Å². The van der Waals surface area contributed by atoms with Crippen molar-refractivity contribution in [2.75, 3.05) is 7.11 Å². The highest BCUT2D eigenvalue weighted by Crippen LogP contribution is 2.34. The predicted octanol–water partition coefficient (Wildman–Crippen LogP) is 5.81. The third-order valence-corrected chi connectivity index (χ3v) is 4.59. The van der Waals surface area contributed by atoms with Crippen LogP contribution in [-0.4, -0.2) is 18.2 Å². The van der Waals surface area contributed by atoms with Crippen LogP contribution in [0.15, 0.2) is 36.4 Å². The number of rotatable bonds is 5. The first-order valence-corrected chi connectivity index (χ1v) is 8.90. The normalized spacial score (nSPS) is 12.2. The molecule has 0 spiro atoms. The molecule has 0 radical (unpaired) electrons. The highest BCUT2D eigenvalue weighted by molar-refractivity contribution is 5.90. The second-order valence-corrected chi connectivity index (χ2v) is 7.57. The Labute approximate surface area is 156 Å². The van der Waals surface area contributed by atoms with E-state index in [-0.39, 0.29) is 5.41 Å². The Balaban J connectivity index is 2.46. The molecule has 0 fully saturated rings. The lowest BCUT2D eigenvalue weighted by atomic mass is 9.84. The van der Waals surface area contributed by atoms with Gasteiger partial charge in [-0.05, 0) is 59.2 Å². The maximum atomic E-state index is 11.3. The highest BCUT2D eigenvalue weighted by Gasteiger charge is 2.19. The summed E-state index contributed by atoms with van der Waals surface area (Å²) in [4.78, 5) is 11.3. The van der Waals surface area contributed by atoms with Crippen molar-refractivity contribution >= 4 is 17.6 Å². The van der Waals surface area contributed by atoms with Crippen LogP contribution < -0.4 is 4.74 Å². The molecular weight excluding hydrogens is 324 g/mol. The molecule has 0 atom stereocenters. The molecule has 0 aliphatic carbocycles. The van der Waals surface area contributed by atoms with Crippen molar-refractivity contribution in [3.05, 3.63) is 64.2 Å². The summed E-state index contributed by atoms with van der Waals surface area (Å²) in [5.74, 6) is 0.0206. The van der Waals surface area contributed by atoms with E-state index in [1.165, 1.54) is 5.56 Å². The van der Waals surface area contributed by atoms with Gasteiger partial charge in [0.15, 0.2) is 0 Å². The Morgan fingerprint density at radius 3 is 2.38 bits per heavy atom. The fourth-order valence-corrected chi connectivity index (χ4v) is 3.08. The Morgan fingerprint density at radius 2 is 1.85 bits per heavy atom. The number of ether oxygens (including phenoxy) is 1. The molecule has 0 aromatic heterocycles. The number of hydrogen-bond acceptors (Lipinski definition) is 2. The molecule has 0 unspecified atom stereocenters. The fraction of sp³-hybridized carbons (Fsp3) is 0.348. The summed E-state index contributed by atoms with van der Waals surface area (Å²) >= 11 is 0. The van der Waals surface area contributed by atoms with Crippen molar-refractivity contribution in [1.82, 2.24) is 0 Å². The minimum absolute atomic E-state index is 0.0137. The Morgan fingerprint density at radius 1 is 1.15 bits per heavy atom. The van der Waals surface area contributed by atoms with Crippen LogP contribution >= 0.6 is 0 Å². The minimum Gasteiger partial charge on any atom is -0.496 e. The second kappa shape index (κ2) is 7.77. The van der Waals surface area contributed by atoms with Gasteiger partial charge in [-0.1, -0.05) is 52.0 Å².